The first-order valence-corrected chi connectivity index (χ1v) is 6.28. The average molecular weight is 263 g/mol. The minimum atomic E-state index is -0.487. The van der Waals surface area contributed by atoms with Crippen LogP contribution in [0.15, 0.2) is 18.2 Å². The molecule has 1 N–H and O–H groups in total. The van der Waals surface area contributed by atoms with E-state index in [9.17, 15) is 14.9 Å². The highest BCUT2D eigenvalue weighted by Crippen LogP contribution is 2.28. The van der Waals surface area contributed by atoms with Crippen molar-refractivity contribution >= 4 is 17.3 Å². The van der Waals surface area contributed by atoms with Crippen molar-refractivity contribution in [3.8, 4) is 0 Å². The number of carbonyl (C=O) groups excluding carboxylic acids is 1. The van der Waals surface area contributed by atoms with Gasteiger partial charge in [0.1, 0.15) is 0 Å². The lowest BCUT2D eigenvalue weighted by Crippen LogP contribution is -2.41. The number of nitrogens with zero attached hydrogens (tertiary/aromatic N) is 2. The average Bonchev–Trinajstić information content (AvgIpc) is 2.34. The number of carbonyl (C=O) groups is 1. The summed E-state index contributed by atoms with van der Waals surface area (Å²) in [5.41, 5.74) is 0.900. The van der Waals surface area contributed by atoms with Crippen molar-refractivity contribution < 1.29 is 9.72 Å². The van der Waals surface area contributed by atoms with E-state index in [0.29, 0.717) is 11.3 Å². The van der Waals surface area contributed by atoms with E-state index < -0.39 is 4.92 Å². The van der Waals surface area contributed by atoms with Gasteiger partial charge in [0.25, 0.3) is 11.6 Å². The lowest BCUT2D eigenvalue weighted by Gasteiger charge is -2.35. The summed E-state index contributed by atoms with van der Waals surface area (Å²) < 4.78 is 0. The molecule has 0 saturated heterocycles. The second kappa shape index (κ2) is 5.26. The quantitative estimate of drug-likeness (QED) is 0.667. The molecule has 19 heavy (non-hydrogen) atoms. The molecular formula is C13H17N3O3. The molecule has 1 aromatic rings. The van der Waals surface area contributed by atoms with E-state index in [-0.39, 0.29) is 17.6 Å². The predicted octanol–water partition coefficient (Wildman–Crippen LogP) is 2.26. The van der Waals surface area contributed by atoms with Gasteiger partial charge in [-0.15, -0.1) is 0 Å². The Kier molecular flexibility index (Phi) is 3.69. The Bertz CT molecular complexity index is 512. The van der Waals surface area contributed by atoms with E-state index in [1.54, 1.807) is 25.1 Å². The number of nitro groups is 1. The van der Waals surface area contributed by atoms with Crippen LogP contribution in [0.3, 0.4) is 0 Å². The Morgan fingerprint density at radius 2 is 2.16 bits per heavy atom. The summed E-state index contributed by atoms with van der Waals surface area (Å²) in [5, 5.41) is 13.7. The maximum atomic E-state index is 12.4. The maximum Gasteiger partial charge on any atom is 0.270 e. The highest BCUT2D eigenvalue weighted by molar-refractivity contribution is 6.00. The summed E-state index contributed by atoms with van der Waals surface area (Å²) in [4.78, 5) is 24.4. The molecule has 1 fully saturated rings. The van der Waals surface area contributed by atoms with Crippen LogP contribution in [-0.4, -0.2) is 35.9 Å². The molecule has 0 radical (unpaired) electrons. The van der Waals surface area contributed by atoms with Gasteiger partial charge in [0.05, 0.1) is 10.5 Å². The van der Waals surface area contributed by atoms with Crippen molar-refractivity contribution in [2.75, 3.05) is 19.4 Å². The van der Waals surface area contributed by atoms with Crippen LogP contribution in [0.1, 0.15) is 29.6 Å². The maximum absolute atomic E-state index is 12.4. The molecule has 0 atom stereocenters. The third-order valence-corrected chi connectivity index (χ3v) is 3.66. The lowest BCUT2D eigenvalue weighted by atomic mass is 9.91. The molecule has 1 saturated carbocycles. The number of hydrogen-bond acceptors (Lipinski definition) is 4. The van der Waals surface area contributed by atoms with Gasteiger partial charge in [0.2, 0.25) is 0 Å². The number of nitrogens with one attached hydrogen (secondary N) is 1. The van der Waals surface area contributed by atoms with Gasteiger partial charge in [0, 0.05) is 38.0 Å². The number of non-ortho nitro benzene ring substituents is 1. The van der Waals surface area contributed by atoms with Crippen LogP contribution in [0.25, 0.3) is 0 Å². The zero-order valence-electron chi connectivity index (χ0n) is 11.0. The van der Waals surface area contributed by atoms with Gasteiger partial charge in [0.15, 0.2) is 0 Å². The van der Waals surface area contributed by atoms with Crippen molar-refractivity contribution in [1.29, 1.82) is 0 Å². The Morgan fingerprint density at radius 1 is 1.47 bits per heavy atom. The van der Waals surface area contributed by atoms with Crippen LogP contribution in [0.5, 0.6) is 0 Å². The summed E-state index contributed by atoms with van der Waals surface area (Å²) in [5.74, 6) is -0.169. The van der Waals surface area contributed by atoms with Gasteiger partial charge < -0.3 is 10.2 Å². The fourth-order valence-electron chi connectivity index (χ4n) is 2.17. The molecule has 0 bridgehead atoms. The topological polar surface area (TPSA) is 75.5 Å². The zero-order valence-corrected chi connectivity index (χ0v) is 11.0. The Balaban J connectivity index is 2.32. The number of hydrogen-bond donors (Lipinski definition) is 1. The van der Waals surface area contributed by atoms with E-state index in [0.717, 1.165) is 19.3 Å². The van der Waals surface area contributed by atoms with Crippen LogP contribution in [0.4, 0.5) is 11.4 Å². The summed E-state index contributed by atoms with van der Waals surface area (Å²) in [6.45, 7) is 0. The summed E-state index contributed by atoms with van der Waals surface area (Å²) >= 11 is 0. The first-order chi connectivity index (χ1) is 9.04. The number of benzene rings is 1. The van der Waals surface area contributed by atoms with Gasteiger partial charge in [-0.3, -0.25) is 14.9 Å². The van der Waals surface area contributed by atoms with Crippen molar-refractivity contribution in [2.45, 2.75) is 25.3 Å². The number of nitro benzene ring substituents is 1. The van der Waals surface area contributed by atoms with Gasteiger partial charge in [-0.1, -0.05) is 0 Å². The molecule has 1 aromatic carbocycles. The smallest absolute Gasteiger partial charge is 0.270 e. The molecule has 0 heterocycles. The van der Waals surface area contributed by atoms with E-state index in [1.807, 2.05) is 0 Å². The predicted molar refractivity (Wildman–Crippen MR) is 72.4 cm³/mol. The molecule has 102 valence electrons. The second-order valence-corrected chi connectivity index (χ2v) is 4.74. The summed E-state index contributed by atoms with van der Waals surface area (Å²) in [7, 11) is 3.45. The van der Waals surface area contributed by atoms with Crippen LogP contribution in [-0.2, 0) is 0 Å². The molecule has 0 aliphatic heterocycles. The SMILES string of the molecule is CNc1ccc([N+](=O)[O-])cc1C(=O)N(C)C1CCC1. The molecule has 1 aliphatic rings. The lowest BCUT2D eigenvalue weighted by molar-refractivity contribution is -0.384. The number of anilines is 1. The molecule has 6 heteroatoms. The molecule has 0 unspecified atom stereocenters. The van der Waals surface area contributed by atoms with E-state index >= 15 is 0 Å². The van der Waals surface area contributed by atoms with Crippen LogP contribution < -0.4 is 5.32 Å². The summed E-state index contributed by atoms with van der Waals surface area (Å²) in [6.07, 6.45) is 3.15. The molecule has 1 amide bonds. The van der Waals surface area contributed by atoms with Crippen molar-refractivity contribution in [3.63, 3.8) is 0 Å². The van der Waals surface area contributed by atoms with Crippen LogP contribution >= 0.6 is 0 Å². The minimum Gasteiger partial charge on any atom is -0.387 e. The van der Waals surface area contributed by atoms with Crippen molar-refractivity contribution in [3.05, 3.63) is 33.9 Å². The Morgan fingerprint density at radius 3 is 2.63 bits per heavy atom. The second-order valence-electron chi connectivity index (χ2n) is 4.74. The minimum absolute atomic E-state index is 0.0654. The normalized spacial score (nSPS) is 14.6. The van der Waals surface area contributed by atoms with Gasteiger partial charge in [-0.2, -0.15) is 0 Å². The molecule has 0 spiro atoms. The van der Waals surface area contributed by atoms with Crippen molar-refractivity contribution in [2.24, 2.45) is 0 Å². The summed E-state index contributed by atoms with van der Waals surface area (Å²) in [6, 6.07) is 4.56. The third kappa shape index (κ3) is 2.52. The molecule has 0 aromatic heterocycles. The fraction of sp³-hybridized carbons (Fsp3) is 0.462. The van der Waals surface area contributed by atoms with E-state index in [1.165, 1.54) is 12.1 Å². The highest BCUT2D eigenvalue weighted by Gasteiger charge is 2.28. The van der Waals surface area contributed by atoms with E-state index in [4.69, 9.17) is 0 Å². The molecule has 6 nitrogen and oxygen atoms in total. The zero-order chi connectivity index (χ0) is 14.0. The standard InChI is InChI=1S/C13H17N3O3/c1-14-12-7-6-10(16(18)19)8-11(12)13(17)15(2)9-4-3-5-9/h6-9,14H,3-5H2,1-2H3. The molecule has 2 rings (SSSR count). The van der Waals surface area contributed by atoms with Crippen molar-refractivity contribution in [1.82, 2.24) is 4.90 Å². The van der Waals surface area contributed by atoms with Crippen LogP contribution in [0, 0.1) is 10.1 Å². The van der Waals surface area contributed by atoms with Gasteiger partial charge >= 0.3 is 0 Å². The molecular weight excluding hydrogens is 246 g/mol. The Labute approximate surface area is 111 Å². The third-order valence-electron chi connectivity index (χ3n) is 3.66. The first kappa shape index (κ1) is 13.3. The van der Waals surface area contributed by atoms with Gasteiger partial charge in [-0.25, -0.2) is 0 Å². The van der Waals surface area contributed by atoms with Crippen LogP contribution in [0.2, 0.25) is 0 Å². The van der Waals surface area contributed by atoms with Gasteiger partial charge in [-0.05, 0) is 25.3 Å². The fourth-order valence-corrected chi connectivity index (χ4v) is 2.17. The van der Waals surface area contributed by atoms with E-state index in [2.05, 4.69) is 5.32 Å². The largest absolute Gasteiger partial charge is 0.387 e. The number of rotatable bonds is 4. The Hall–Kier alpha value is -2.11. The monoisotopic (exact) mass is 263 g/mol. The number of amides is 1. The highest BCUT2D eigenvalue weighted by atomic mass is 16.6. The first-order valence-electron chi connectivity index (χ1n) is 6.28. The molecule has 1 aliphatic carbocycles.